The van der Waals surface area contributed by atoms with Crippen molar-refractivity contribution in [3.63, 3.8) is 0 Å². The molecule has 0 spiro atoms. The van der Waals surface area contributed by atoms with Crippen molar-refractivity contribution in [2.45, 2.75) is 32.6 Å². The molecular weight excluding hydrogens is 406 g/mol. The summed E-state index contributed by atoms with van der Waals surface area (Å²) in [4.78, 5) is 26.6. The SMILES string of the molecule is CCCCCCOc1cccc(NCC(=O)Nc2ccc(C(=O)N3CCOCC3)cc2)c1. The molecule has 1 fully saturated rings. The van der Waals surface area contributed by atoms with Crippen LogP contribution in [0, 0.1) is 0 Å². The fraction of sp³-hybridized carbons (Fsp3) is 0.440. The van der Waals surface area contributed by atoms with Crippen LogP contribution in [0.4, 0.5) is 11.4 Å². The van der Waals surface area contributed by atoms with Gasteiger partial charge in [-0.15, -0.1) is 0 Å². The van der Waals surface area contributed by atoms with Crippen molar-refractivity contribution < 1.29 is 19.1 Å². The topological polar surface area (TPSA) is 79.9 Å². The third-order valence-corrected chi connectivity index (χ3v) is 5.27. The third-order valence-electron chi connectivity index (χ3n) is 5.27. The van der Waals surface area contributed by atoms with Gasteiger partial charge in [0.25, 0.3) is 5.91 Å². The van der Waals surface area contributed by atoms with Gasteiger partial charge >= 0.3 is 0 Å². The summed E-state index contributed by atoms with van der Waals surface area (Å²) in [5, 5.41) is 5.97. The first-order valence-corrected chi connectivity index (χ1v) is 11.4. The summed E-state index contributed by atoms with van der Waals surface area (Å²) in [5.41, 5.74) is 2.09. The molecule has 2 aromatic carbocycles. The van der Waals surface area contributed by atoms with E-state index in [-0.39, 0.29) is 18.4 Å². The minimum absolute atomic E-state index is 0.0136. The Bertz CT molecular complexity index is 864. The first-order valence-electron chi connectivity index (χ1n) is 11.4. The number of nitrogens with zero attached hydrogens (tertiary/aromatic N) is 1. The van der Waals surface area contributed by atoms with Crippen molar-refractivity contribution in [3.8, 4) is 5.75 Å². The van der Waals surface area contributed by atoms with Crippen molar-refractivity contribution in [2.24, 2.45) is 0 Å². The number of morpholine rings is 1. The molecule has 2 amide bonds. The van der Waals surface area contributed by atoms with E-state index in [0.717, 1.165) is 17.9 Å². The zero-order chi connectivity index (χ0) is 22.6. The van der Waals surface area contributed by atoms with Crippen molar-refractivity contribution in [2.75, 3.05) is 50.1 Å². The molecule has 2 N–H and O–H groups in total. The second kappa shape index (κ2) is 12.7. The molecule has 7 heteroatoms. The van der Waals surface area contributed by atoms with Gasteiger partial charge in [0.15, 0.2) is 0 Å². The lowest BCUT2D eigenvalue weighted by Gasteiger charge is -2.26. The van der Waals surface area contributed by atoms with E-state index in [0.29, 0.717) is 44.2 Å². The Hall–Kier alpha value is -3.06. The standard InChI is InChI=1S/C25H33N3O4/c1-2-3-4-5-15-32-23-8-6-7-22(18-23)26-19-24(29)27-21-11-9-20(10-12-21)25(30)28-13-16-31-17-14-28/h6-12,18,26H,2-5,13-17,19H2,1H3,(H,27,29). The lowest BCUT2D eigenvalue weighted by Crippen LogP contribution is -2.40. The molecule has 0 unspecified atom stereocenters. The van der Waals surface area contributed by atoms with Gasteiger partial charge < -0.3 is 25.0 Å². The lowest BCUT2D eigenvalue weighted by atomic mass is 10.1. The number of nitrogens with one attached hydrogen (secondary N) is 2. The average Bonchev–Trinajstić information content (AvgIpc) is 2.83. The van der Waals surface area contributed by atoms with E-state index < -0.39 is 0 Å². The first kappa shape index (κ1) is 23.6. The predicted octanol–water partition coefficient (Wildman–Crippen LogP) is 4.17. The Labute approximate surface area is 190 Å². The zero-order valence-corrected chi connectivity index (χ0v) is 18.8. The van der Waals surface area contributed by atoms with Crippen LogP contribution >= 0.6 is 0 Å². The van der Waals surface area contributed by atoms with E-state index in [1.54, 1.807) is 29.2 Å². The van der Waals surface area contributed by atoms with Crippen LogP contribution in [-0.4, -0.2) is 56.2 Å². The van der Waals surface area contributed by atoms with Crippen LogP contribution in [0.5, 0.6) is 5.75 Å². The molecule has 0 atom stereocenters. The summed E-state index contributed by atoms with van der Waals surface area (Å²) >= 11 is 0. The molecule has 0 aliphatic carbocycles. The first-order chi connectivity index (χ1) is 15.7. The highest BCUT2D eigenvalue weighted by Crippen LogP contribution is 2.18. The van der Waals surface area contributed by atoms with Gasteiger partial charge in [0.05, 0.1) is 26.4 Å². The average molecular weight is 440 g/mol. The van der Waals surface area contributed by atoms with Gasteiger partial charge in [-0.2, -0.15) is 0 Å². The minimum Gasteiger partial charge on any atom is -0.494 e. The van der Waals surface area contributed by atoms with Crippen molar-refractivity contribution in [1.82, 2.24) is 4.90 Å². The Kier molecular flexibility index (Phi) is 9.37. The van der Waals surface area contributed by atoms with E-state index in [9.17, 15) is 9.59 Å². The van der Waals surface area contributed by atoms with Gasteiger partial charge in [0.1, 0.15) is 5.75 Å². The summed E-state index contributed by atoms with van der Waals surface area (Å²) in [7, 11) is 0. The number of benzene rings is 2. The Balaban J connectivity index is 1.42. The minimum atomic E-state index is -0.164. The number of hydrogen-bond donors (Lipinski definition) is 2. The van der Waals surface area contributed by atoms with E-state index in [4.69, 9.17) is 9.47 Å². The molecule has 2 aromatic rings. The van der Waals surface area contributed by atoms with Gasteiger partial charge in [-0.1, -0.05) is 32.3 Å². The molecule has 3 rings (SSSR count). The molecule has 0 saturated carbocycles. The highest BCUT2D eigenvalue weighted by atomic mass is 16.5. The fourth-order valence-corrected chi connectivity index (χ4v) is 3.45. The van der Waals surface area contributed by atoms with Crippen LogP contribution in [0.25, 0.3) is 0 Å². The molecule has 32 heavy (non-hydrogen) atoms. The van der Waals surface area contributed by atoms with E-state index >= 15 is 0 Å². The molecule has 172 valence electrons. The summed E-state index contributed by atoms with van der Waals surface area (Å²) in [5.74, 6) is 0.621. The molecule has 1 aliphatic heterocycles. The molecule has 0 aromatic heterocycles. The number of hydrogen-bond acceptors (Lipinski definition) is 5. The number of rotatable bonds is 11. The number of ether oxygens (including phenoxy) is 2. The van der Waals surface area contributed by atoms with Crippen molar-refractivity contribution in [3.05, 3.63) is 54.1 Å². The Morgan fingerprint density at radius 3 is 2.53 bits per heavy atom. The van der Waals surface area contributed by atoms with E-state index in [1.807, 2.05) is 24.3 Å². The second-order valence-electron chi connectivity index (χ2n) is 7.82. The maximum absolute atomic E-state index is 12.5. The predicted molar refractivity (Wildman–Crippen MR) is 126 cm³/mol. The number of carbonyl (C=O) groups excluding carboxylic acids is 2. The smallest absolute Gasteiger partial charge is 0.254 e. The van der Waals surface area contributed by atoms with Crippen LogP contribution < -0.4 is 15.4 Å². The van der Waals surface area contributed by atoms with Crippen molar-refractivity contribution in [1.29, 1.82) is 0 Å². The quantitative estimate of drug-likeness (QED) is 0.514. The lowest BCUT2D eigenvalue weighted by molar-refractivity contribution is -0.114. The number of unbranched alkanes of at least 4 members (excludes halogenated alkanes) is 3. The van der Waals surface area contributed by atoms with Crippen LogP contribution in [0.15, 0.2) is 48.5 Å². The van der Waals surface area contributed by atoms with Gasteiger partial charge in [0.2, 0.25) is 5.91 Å². The van der Waals surface area contributed by atoms with Crippen LogP contribution in [0.2, 0.25) is 0 Å². The highest BCUT2D eigenvalue weighted by molar-refractivity contribution is 5.96. The Morgan fingerprint density at radius 2 is 1.78 bits per heavy atom. The molecule has 0 radical (unpaired) electrons. The molecular formula is C25H33N3O4. The molecule has 1 aliphatic rings. The maximum atomic E-state index is 12.5. The van der Waals surface area contributed by atoms with Gasteiger partial charge in [-0.3, -0.25) is 9.59 Å². The summed E-state index contributed by atoms with van der Waals surface area (Å²) in [6, 6.07) is 14.6. The molecule has 1 heterocycles. The van der Waals surface area contributed by atoms with Crippen molar-refractivity contribution >= 4 is 23.2 Å². The molecule has 1 saturated heterocycles. The van der Waals surface area contributed by atoms with E-state index in [1.165, 1.54) is 19.3 Å². The van der Waals surface area contributed by atoms with Gasteiger partial charge in [0, 0.05) is 36.1 Å². The Morgan fingerprint density at radius 1 is 1.00 bits per heavy atom. The molecule has 7 nitrogen and oxygen atoms in total. The number of anilines is 2. The maximum Gasteiger partial charge on any atom is 0.254 e. The van der Waals surface area contributed by atoms with Crippen LogP contribution in [-0.2, 0) is 9.53 Å². The third kappa shape index (κ3) is 7.57. The number of amides is 2. The fourth-order valence-electron chi connectivity index (χ4n) is 3.45. The monoisotopic (exact) mass is 439 g/mol. The largest absolute Gasteiger partial charge is 0.494 e. The summed E-state index contributed by atoms with van der Waals surface area (Å²) in [6.45, 7) is 5.38. The highest BCUT2D eigenvalue weighted by Gasteiger charge is 2.18. The zero-order valence-electron chi connectivity index (χ0n) is 18.8. The second-order valence-corrected chi connectivity index (χ2v) is 7.82. The van der Waals surface area contributed by atoms with Gasteiger partial charge in [-0.05, 0) is 42.8 Å². The summed E-state index contributed by atoms with van der Waals surface area (Å²) < 4.78 is 11.1. The normalized spacial score (nSPS) is 13.5. The van der Waals surface area contributed by atoms with Crippen LogP contribution in [0.1, 0.15) is 43.0 Å². The van der Waals surface area contributed by atoms with Gasteiger partial charge in [-0.25, -0.2) is 0 Å². The summed E-state index contributed by atoms with van der Waals surface area (Å²) in [6.07, 6.45) is 4.66. The van der Waals surface area contributed by atoms with Crippen LogP contribution in [0.3, 0.4) is 0 Å². The van der Waals surface area contributed by atoms with E-state index in [2.05, 4.69) is 17.6 Å². The molecule has 0 bridgehead atoms. The number of carbonyl (C=O) groups is 2.